The molecule has 3 aliphatic rings. The summed E-state index contributed by atoms with van der Waals surface area (Å²) in [7, 11) is -3.72. The van der Waals surface area contributed by atoms with Crippen LogP contribution in [0.5, 0.6) is 0 Å². The number of hydrogen-bond donors (Lipinski definition) is 0. The summed E-state index contributed by atoms with van der Waals surface area (Å²) < 4.78 is 13.7. The summed E-state index contributed by atoms with van der Waals surface area (Å²) in [6, 6.07) is 0. The Balaban J connectivity index is 1.97. The van der Waals surface area contributed by atoms with Gasteiger partial charge in [-0.3, -0.25) is 0 Å². The van der Waals surface area contributed by atoms with Crippen LogP contribution in [0, 0.1) is 23.2 Å². The first-order valence-electron chi connectivity index (χ1n) is 12.3. The highest BCUT2D eigenvalue weighted by molar-refractivity contribution is 6.74. The molecule has 0 saturated heterocycles. The zero-order valence-corrected chi connectivity index (χ0v) is 24.5. The summed E-state index contributed by atoms with van der Waals surface area (Å²) in [6.07, 6.45) is 4.91. The molecule has 2 saturated carbocycles. The molecular weight excluding hydrogens is 412 g/mol. The standard InChI is InChI=1S/C27H48O2Si2/c1-18(17-28-30(10,11)25(3,4)5)20-14-22-19(2)21-15-23(21)27(22,9)16-24(20)29-31(12,13)26(6,7)8/h16,21-23H,2,14-15,17H2,1,3-13H3/b20-18-/t21-,22+,23-,27-/m1/s1. The average Bonchev–Trinajstić information content (AvgIpc) is 3.35. The fourth-order valence-electron chi connectivity index (χ4n) is 4.94. The Kier molecular flexibility index (Phi) is 6.03. The van der Waals surface area contributed by atoms with Gasteiger partial charge >= 0.3 is 0 Å². The Morgan fingerprint density at radius 3 is 2.13 bits per heavy atom. The normalized spacial score (nSPS) is 33.0. The largest absolute Gasteiger partial charge is 0.544 e. The van der Waals surface area contributed by atoms with Crippen molar-refractivity contribution in [1.82, 2.24) is 0 Å². The molecule has 4 atom stereocenters. The topological polar surface area (TPSA) is 18.5 Å². The Morgan fingerprint density at radius 1 is 1.06 bits per heavy atom. The van der Waals surface area contributed by atoms with Gasteiger partial charge < -0.3 is 8.85 Å². The van der Waals surface area contributed by atoms with E-state index in [1.54, 1.807) is 0 Å². The van der Waals surface area contributed by atoms with E-state index in [0.29, 0.717) is 12.5 Å². The number of rotatable bonds is 5. The highest BCUT2D eigenvalue weighted by Gasteiger charge is 2.63. The Hall–Kier alpha value is -0.586. The minimum atomic E-state index is -1.93. The van der Waals surface area contributed by atoms with Gasteiger partial charge in [0.25, 0.3) is 0 Å². The van der Waals surface area contributed by atoms with Crippen LogP contribution in [0.1, 0.15) is 68.2 Å². The van der Waals surface area contributed by atoms with Crippen molar-refractivity contribution in [3.8, 4) is 0 Å². The molecule has 4 heteroatoms. The molecule has 2 nitrogen and oxygen atoms in total. The summed E-state index contributed by atoms with van der Waals surface area (Å²) in [5.41, 5.74) is 4.45. The molecule has 0 aromatic carbocycles. The van der Waals surface area contributed by atoms with E-state index in [1.165, 1.54) is 28.9 Å². The quantitative estimate of drug-likeness (QED) is 0.302. The van der Waals surface area contributed by atoms with Crippen LogP contribution in [-0.2, 0) is 8.85 Å². The van der Waals surface area contributed by atoms with Crippen molar-refractivity contribution in [2.75, 3.05) is 6.61 Å². The third kappa shape index (κ3) is 4.33. The molecule has 3 aliphatic carbocycles. The van der Waals surface area contributed by atoms with Gasteiger partial charge in [-0.05, 0) is 96.4 Å². The lowest BCUT2D eigenvalue weighted by molar-refractivity contribution is 0.244. The van der Waals surface area contributed by atoms with E-state index in [2.05, 4.69) is 94.2 Å². The molecule has 0 spiro atoms. The smallest absolute Gasteiger partial charge is 0.250 e. The Bertz CT molecular complexity index is 819. The van der Waals surface area contributed by atoms with Gasteiger partial charge in [0, 0.05) is 0 Å². The van der Waals surface area contributed by atoms with Crippen LogP contribution in [0.3, 0.4) is 0 Å². The van der Waals surface area contributed by atoms with Crippen LogP contribution >= 0.6 is 0 Å². The van der Waals surface area contributed by atoms with Crippen molar-refractivity contribution in [2.24, 2.45) is 23.2 Å². The van der Waals surface area contributed by atoms with Crippen LogP contribution in [-0.4, -0.2) is 23.2 Å². The molecule has 0 N–H and O–H groups in total. The predicted molar refractivity (Wildman–Crippen MR) is 139 cm³/mol. The Labute approximate surface area is 194 Å². The van der Waals surface area contributed by atoms with Crippen molar-refractivity contribution < 1.29 is 8.85 Å². The molecule has 2 fully saturated rings. The lowest BCUT2D eigenvalue weighted by Gasteiger charge is -2.44. The minimum Gasteiger partial charge on any atom is -0.544 e. The first-order valence-corrected chi connectivity index (χ1v) is 18.1. The van der Waals surface area contributed by atoms with E-state index in [1.807, 2.05) is 0 Å². The van der Waals surface area contributed by atoms with E-state index in [9.17, 15) is 0 Å². The SMILES string of the molecule is C=C1[C@H]2C[C@H]2[C@]2(C)C=C(O[Si](C)(C)C(C)(C)C)/C(=C(/C)CO[Si](C)(C)C(C)(C)C)C[C@@H]12. The molecule has 0 aromatic heterocycles. The molecule has 0 bridgehead atoms. The van der Waals surface area contributed by atoms with Crippen molar-refractivity contribution >= 4 is 16.6 Å². The maximum atomic E-state index is 7.02. The van der Waals surface area contributed by atoms with Gasteiger partial charge in [0.2, 0.25) is 8.32 Å². The molecule has 31 heavy (non-hydrogen) atoms. The van der Waals surface area contributed by atoms with Gasteiger partial charge in [-0.1, -0.05) is 60.6 Å². The summed E-state index contributed by atoms with van der Waals surface area (Å²) in [6.45, 7) is 33.4. The molecule has 3 rings (SSSR count). The second-order valence-corrected chi connectivity index (χ2v) is 23.4. The predicted octanol–water partition coefficient (Wildman–Crippen LogP) is 8.46. The van der Waals surface area contributed by atoms with E-state index in [-0.39, 0.29) is 15.5 Å². The first kappa shape index (κ1) is 25.0. The highest BCUT2D eigenvalue weighted by Crippen LogP contribution is 2.70. The number of allylic oxidation sites excluding steroid dienone is 3. The van der Waals surface area contributed by atoms with Crippen LogP contribution in [0.2, 0.25) is 36.3 Å². The van der Waals surface area contributed by atoms with Crippen LogP contribution in [0.4, 0.5) is 0 Å². The summed E-state index contributed by atoms with van der Waals surface area (Å²) in [4.78, 5) is 0. The summed E-state index contributed by atoms with van der Waals surface area (Å²) >= 11 is 0. The monoisotopic (exact) mass is 460 g/mol. The van der Waals surface area contributed by atoms with Gasteiger partial charge in [0.05, 0.1) is 6.61 Å². The van der Waals surface area contributed by atoms with E-state index in [4.69, 9.17) is 8.85 Å². The maximum absolute atomic E-state index is 7.02. The van der Waals surface area contributed by atoms with Gasteiger partial charge in [0.1, 0.15) is 5.76 Å². The molecule has 0 unspecified atom stereocenters. The van der Waals surface area contributed by atoms with Crippen molar-refractivity contribution in [3.63, 3.8) is 0 Å². The van der Waals surface area contributed by atoms with Gasteiger partial charge in [-0.15, -0.1) is 0 Å². The van der Waals surface area contributed by atoms with Crippen LogP contribution in [0.15, 0.2) is 35.1 Å². The zero-order chi connectivity index (χ0) is 23.8. The second kappa shape index (κ2) is 7.46. The Morgan fingerprint density at radius 2 is 1.61 bits per heavy atom. The fraction of sp³-hybridized carbons (Fsp3) is 0.778. The van der Waals surface area contributed by atoms with E-state index >= 15 is 0 Å². The van der Waals surface area contributed by atoms with Crippen molar-refractivity contribution in [1.29, 1.82) is 0 Å². The number of fused-ring (bicyclic) bond motifs is 3. The maximum Gasteiger partial charge on any atom is 0.250 e. The lowest BCUT2D eigenvalue weighted by Crippen LogP contribution is -2.42. The first-order chi connectivity index (χ1) is 13.8. The molecule has 0 aromatic rings. The van der Waals surface area contributed by atoms with E-state index < -0.39 is 16.6 Å². The van der Waals surface area contributed by atoms with Gasteiger partial charge in [-0.2, -0.15) is 0 Å². The molecular formula is C27H48O2Si2. The minimum absolute atomic E-state index is 0.184. The third-order valence-electron chi connectivity index (χ3n) is 9.55. The highest BCUT2D eigenvalue weighted by atomic mass is 28.4. The van der Waals surface area contributed by atoms with Crippen LogP contribution < -0.4 is 0 Å². The second-order valence-electron chi connectivity index (χ2n) is 13.8. The van der Waals surface area contributed by atoms with Crippen molar-refractivity contribution in [2.45, 2.75) is 104 Å². The molecule has 0 heterocycles. The van der Waals surface area contributed by atoms with Gasteiger partial charge in [0.15, 0.2) is 8.32 Å². The molecule has 0 radical (unpaired) electrons. The van der Waals surface area contributed by atoms with E-state index in [0.717, 1.165) is 18.3 Å². The summed E-state index contributed by atoms with van der Waals surface area (Å²) in [5, 5.41) is 0.407. The molecule has 0 amide bonds. The molecule has 0 aliphatic heterocycles. The van der Waals surface area contributed by atoms with Crippen molar-refractivity contribution in [3.05, 3.63) is 35.1 Å². The van der Waals surface area contributed by atoms with Crippen LogP contribution in [0.25, 0.3) is 0 Å². The summed E-state index contributed by atoms with van der Waals surface area (Å²) in [5.74, 6) is 3.24. The zero-order valence-electron chi connectivity index (χ0n) is 22.5. The lowest BCUT2D eigenvalue weighted by atomic mass is 9.67. The average molecular weight is 461 g/mol. The number of hydrogen-bond acceptors (Lipinski definition) is 2. The third-order valence-corrected chi connectivity index (χ3v) is 18.4. The fourth-order valence-corrected chi connectivity index (χ4v) is 6.99. The van der Waals surface area contributed by atoms with Gasteiger partial charge in [-0.25, -0.2) is 0 Å². The molecule has 176 valence electrons.